The van der Waals surface area contributed by atoms with Gasteiger partial charge >= 0.3 is 0 Å². The van der Waals surface area contributed by atoms with Gasteiger partial charge in [-0.1, -0.05) is 11.8 Å². The quantitative estimate of drug-likeness (QED) is 0.842. The molecule has 4 heteroatoms. The molecular formula is C13H14N2OS. The zero-order valence-electron chi connectivity index (χ0n) is 9.68. The summed E-state index contributed by atoms with van der Waals surface area (Å²) in [5, 5.41) is 12.9. The van der Waals surface area contributed by atoms with Crippen LogP contribution in [-0.4, -0.2) is 21.5 Å². The summed E-state index contributed by atoms with van der Waals surface area (Å²) < 4.78 is 1.92. The standard InChI is InChI=1S/C13H14N2OS/c1-11-8-14-15(9-11)10-13-6-5-12(17-13)4-2-3-7-16/h5-6,8-9,16H,3,7,10H2,1H3. The summed E-state index contributed by atoms with van der Waals surface area (Å²) in [4.78, 5) is 2.28. The van der Waals surface area contributed by atoms with Gasteiger partial charge in [-0.25, -0.2) is 0 Å². The van der Waals surface area contributed by atoms with Crippen LogP contribution in [0.5, 0.6) is 0 Å². The summed E-state index contributed by atoms with van der Waals surface area (Å²) in [6.45, 7) is 2.95. The van der Waals surface area contributed by atoms with Crippen molar-refractivity contribution < 1.29 is 5.11 Å². The molecule has 1 N–H and O–H groups in total. The molecular weight excluding hydrogens is 232 g/mol. The molecule has 2 aromatic rings. The first-order valence-electron chi connectivity index (χ1n) is 5.45. The van der Waals surface area contributed by atoms with Gasteiger partial charge in [0.05, 0.1) is 24.2 Å². The number of thiophene rings is 1. The van der Waals surface area contributed by atoms with Crippen molar-refractivity contribution in [3.05, 3.63) is 39.8 Å². The molecule has 0 aromatic carbocycles. The molecule has 0 unspecified atom stereocenters. The van der Waals surface area contributed by atoms with E-state index in [1.54, 1.807) is 11.3 Å². The van der Waals surface area contributed by atoms with Crippen LogP contribution in [-0.2, 0) is 6.54 Å². The summed E-state index contributed by atoms with van der Waals surface area (Å²) in [6.07, 6.45) is 4.41. The SMILES string of the molecule is Cc1cnn(Cc2ccc(C#CCCO)s2)c1. The molecule has 3 nitrogen and oxygen atoms in total. The molecule has 0 saturated carbocycles. The second-order valence-electron chi connectivity index (χ2n) is 3.76. The average molecular weight is 246 g/mol. The summed E-state index contributed by atoms with van der Waals surface area (Å²) in [6, 6.07) is 4.09. The maximum atomic E-state index is 8.64. The fourth-order valence-corrected chi connectivity index (χ4v) is 2.32. The van der Waals surface area contributed by atoms with Crippen LogP contribution in [0.1, 0.15) is 21.7 Å². The molecule has 0 saturated heterocycles. The summed E-state index contributed by atoms with van der Waals surface area (Å²) in [7, 11) is 0. The number of aryl methyl sites for hydroxylation is 1. The zero-order valence-corrected chi connectivity index (χ0v) is 10.5. The number of hydrogen-bond acceptors (Lipinski definition) is 3. The van der Waals surface area contributed by atoms with Gasteiger partial charge in [0.25, 0.3) is 0 Å². The Morgan fingerprint density at radius 2 is 2.35 bits per heavy atom. The largest absolute Gasteiger partial charge is 0.395 e. The van der Waals surface area contributed by atoms with Gasteiger partial charge in [0, 0.05) is 17.5 Å². The predicted molar refractivity (Wildman–Crippen MR) is 69.0 cm³/mol. The molecule has 2 heterocycles. The van der Waals surface area contributed by atoms with Crippen molar-refractivity contribution in [2.45, 2.75) is 19.9 Å². The molecule has 0 spiro atoms. The third-order valence-corrected chi connectivity index (χ3v) is 3.18. The Kier molecular flexibility index (Phi) is 3.97. The molecule has 2 rings (SSSR count). The minimum Gasteiger partial charge on any atom is -0.395 e. The number of aliphatic hydroxyl groups is 1. The third-order valence-electron chi connectivity index (χ3n) is 2.19. The van der Waals surface area contributed by atoms with Crippen molar-refractivity contribution >= 4 is 11.3 Å². The summed E-state index contributed by atoms with van der Waals surface area (Å²) in [5.41, 5.74) is 1.17. The van der Waals surface area contributed by atoms with Gasteiger partial charge in [-0.3, -0.25) is 4.68 Å². The van der Waals surface area contributed by atoms with Crippen LogP contribution in [0.15, 0.2) is 24.5 Å². The highest BCUT2D eigenvalue weighted by molar-refractivity contribution is 7.12. The van der Waals surface area contributed by atoms with Gasteiger partial charge in [-0.2, -0.15) is 5.10 Å². The second-order valence-corrected chi connectivity index (χ2v) is 4.92. The number of nitrogens with zero attached hydrogens (tertiary/aromatic N) is 2. The molecule has 2 aromatic heterocycles. The van der Waals surface area contributed by atoms with Gasteiger partial charge in [0.1, 0.15) is 0 Å². The molecule has 88 valence electrons. The maximum absolute atomic E-state index is 8.64. The first-order valence-corrected chi connectivity index (χ1v) is 6.27. The Labute approximate surface area is 105 Å². The summed E-state index contributed by atoms with van der Waals surface area (Å²) >= 11 is 1.67. The first kappa shape index (κ1) is 11.9. The molecule has 0 bridgehead atoms. The molecule has 17 heavy (non-hydrogen) atoms. The number of aliphatic hydroxyl groups excluding tert-OH is 1. The molecule has 0 fully saturated rings. The van der Waals surface area contributed by atoms with E-state index in [0.29, 0.717) is 6.42 Å². The van der Waals surface area contributed by atoms with E-state index < -0.39 is 0 Å². The number of hydrogen-bond donors (Lipinski definition) is 1. The van der Waals surface area contributed by atoms with Crippen LogP contribution in [0.4, 0.5) is 0 Å². The number of rotatable bonds is 3. The van der Waals surface area contributed by atoms with Crippen molar-refractivity contribution in [3.8, 4) is 11.8 Å². The van der Waals surface area contributed by atoms with Crippen LogP contribution in [0.2, 0.25) is 0 Å². The normalized spacial score (nSPS) is 10.0. The second kappa shape index (κ2) is 5.67. The molecule has 0 amide bonds. The van der Waals surface area contributed by atoms with E-state index in [2.05, 4.69) is 23.0 Å². The van der Waals surface area contributed by atoms with E-state index in [1.807, 2.05) is 30.1 Å². The van der Waals surface area contributed by atoms with Gasteiger partial charge < -0.3 is 5.11 Å². The van der Waals surface area contributed by atoms with Crippen molar-refractivity contribution in [1.29, 1.82) is 0 Å². The lowest BCUT2D eigenvalue weighted by Crippen LogP contribution is -1.97. The van der Waals surface area contributed by atoms with Crippen molar-refractivity contribution in [2.24, 2.45) is 0 Å². The van der Waals surface area contributed by atoms with E-state index in [1.165, 1.54) is 10.4 Å². The lowest BCUT2D eigenvalue weighted by molar-refractivity contribution is 0.305. The van der Waals surface area contributed by atoms with Crippen LogP contribution >= 0.6 is 11.3 Å². The Balaban J connectivity index is 2.02. The fourth-order valence-electron chi connectivity index (χ4n) is 1.45. The average Bonchev–Trinajstić information content (AvgIpc) is 2.90. The van der Waals surface area contributed by atoms with Crippen LogP contribution in [0.3, 0.4) is 0 Å². The highest BCUT2D eigenvalue weighted by atomic mass is 32.1. The van der Waals surface area contributed by atoms with E-state index in [-0.39, 0.29) is 6.61 Å². The monoisotopic (exact) mass is 246 g/mol. The Hall–Kier alpha value is -1.57. The van der Waals surface area contributed by atoms with Gasteiger partial charge in [0.15, 0.2) is 0 Å². The van der Waals surface area contributed by atoms with Crippen LogP contribution in [0.25, 0.3) is 0 Å². The Bertz CT molecular complexity index is 545. The minimum atomic E-state index is 0.123. The topological polar surface area (TPSA) is 38.0 Å². The Morgan fingerprint density at radius 1 is 1.47 bits per heavy atom. The van der Waals surface area contributed by atoms with Crippen molar-refractivity contribution in [2.75, 3.05) is 6.61 Å². The molecule has 0 radical (unpaired) electrons. The van der Waals surface area contributed by atoms with Crippen LogP contribution < -0.4 is 0 Å². The maximum Gasteiger partial charge on any atom is 0.0772 e. The van der Waals surface area contributed by atoms with E-state index >= 15 is 0 Å². The highest BCUT2D eigenvalue weighted by Crippen LogP contribution is 2.16. The highest BCUT2D eigenvalue weighted by Gasteiger charge is 2.00. The lowest BCUT2D eigenvalue weighted by atomic mass is 10.4. The fraction of sp³-hybridized carbons (Fsp3) is 0.308. The zero-order chi connectivity index (χ0) is 12.1. The molecule has 0 aliphatic rings. The van der Waals surface area contributed by atoms with E-state index in [4.69, 9.17) is 5.11 Å². The van der Waals surface area contributed by atoms with Crippen molar-refractivity contribution in [3.63, 3.8) is 0 Å². The molecule has 0 atom stereocenters. The van der Waals surface area contributed by atoms with Crippen molar-refractivity contribution in [1.82, 2.24) is 9.78 Å². The van der Waals surface area contributed by atoms with Crippen LogP contribution in [0, 0.1) is 18.8 Å². The number of aromatic nitrogens is 2. The van der Waals surface area contributed by atoms with Gasteiger partial charge in [-0.05, 0) is 24.6 Å². The van der Waals surface area contributed by atoms with Gasteiger partial charge in [0.2, 0.25) is 0 Å². The molecule has 0 aliphatic heterocycles. The smallest absolute Gasteiger partial charge is 0.0772 e. The van der Waals surface area contributed by atoms with Gasteiger partial charge in [-0.15, -0.1) is 11.3 Å². The predicted octanol–water partition coefficient (Wildman–Crippen LogP) is 2.04. The summed E-state index contributed by atoms with van der Waals surface area (Å²) in [5.74, 6) is 5.96. The first-order chi connectivity index (χ1) is 8.28. The van der Waals surface area contributed by atoms with E-state index in [9.17, 15) is 0 Å². The minimum absolute atomic E-state index is 0.123. The Morgan fingerprint density at radius 3 is 3.06 bits per heavy atom. The lowest BCUT2D eigenvalue weighted by Gasteiger charge is -1.96. The van der Waals surface area contributed by atoms with E-state index in [0.717, 1.165) is 11.4 Å². The molecule has 0 aliphatic carbocycles. The third kappa shape index (κ3) is 3.45.